The third kappa shape index (κ3) is 4.40. The van der Waals surface area contributed by atoms with E-state index in [1.54, 1.807) is 23.2 Å². The highest BCUT2D eigenvalue weighted by atomic mass is 19.3. The van der Waals surface area contributed by atoms with Crippen LogP contribution in [-0.2, 0) is 6.42 Å². The maximum Gasteiger partial charge on any atom is 0.251 e. The summed E-state index contributed by atoms with van der Waals surface area (Å²) in [6.45, 7) is 4.86. The van der Waals surface area contributed by atoms with Crippen LogP contribution >= 0.6 is 0 Å². The molecule has 3 aromatic rings. The molecule has 1 aromatic heterocycles. The van der Waals surface area contributed by atoms with Gasteiger partial charge in [0.1, 0.15) is 11.6 Å². The Morgan fingerprint density at radius 3 is 2.43 bits per heavy atom. The summed E-state index contributed by atoms with van der Waals surface area (Å²) in [7, 11) is 0. The van der Waals surface area contributed by atoms with Crippen LogP contribution in [-0.4, -0.2) is 60.3 Å². The van der Waals surface area contributed by atoms with Gasteiger partial charge in [0.2, 0.25) is 0 Å². The molecule has 1 spiro atoms. The third-order valence-electron chi connectivity index (χ3n) is 9.00. The topological polar surface area (TPSA) is 47.2 Å². The molecule has 37 heavy (non-hydrogen) atoms. The highest BCUT2D eigenvalue weighted by molar-refractivity contribution is 5.83. The van der Waals surface area contributed by atoms with Crippen molar-refractivity contribution in [2.24, 2.45) is 5.41 Å². The van der Waals surface area contributed by atoms with E-state index in [9.17, 15) is 8.78 Å². The van der Waals surface area contributed by atoms with Gasteiger partial charge in [0.25, 0.3) is 6.43 Å². The fourth-order valence-corrected chi connectivity index (χ4v) is 6.90. The molecule has 1 unspecified atom stereocenters. The number of hydrogen-bond acceptors (Lipinski definition) is 4. The molecule has 0 bridgehead atoms. The van der Waals surface area contributed by atoms with Crippen LogP contribution in [0.1, 0.15) is 55.3 Å². The smallest absolute Gasteiger partial charge is 0.251 e. The summed E-state index contributed by atoms with van der Waals surface area (Å²) in [6.07, 6.45) is 3.89. The number of benzene rings is 2. The fourth-order valence-electron chi connectivity index (χ4n) is 6.90. The van der Waals surface area contributed by atoms with Gasteiger partial charge >= 0.3 is 0 Å². The molecule has 6 rings (SSSR count). The molecule has 0 aliphatic carbocycles. The lowest BCUT2D eigenvalue weighted by molar-refractivity contribution is 0.0447. The highest BCUT2D eigenvalue weighted by Gasteiger charge is 2.40. The third-order valence-corrected chi connectivity index (χ3v) is 9.00. The van der Waals surface area contributed by atoms with Gasteiger partial charge in [-0.05, 0) is 86.9 Å². The second kappa shape index (κ2) is 9.58. The number of H-pyrrole nitrogens is 1. The first kappa shape index (κ1) is 24.7. The molecule has 2 aromatic carbocycles. The van der Waals surface area contributed by atoms with Gasteiger partial charge in [-0.15, -0.1) is 0 Å². The number of rotatable bonds is 4. The van der Waals surface area contributed by atoms with Crippen LogP contribution in [0.25, 0.3) is 10.9 Å². The molecule has 2 fully saturated rings. The summed E-state index contributed by atoms with van der Waals surface area (Å²) in [4.78, 5) is 3.61. The number of halogens is 4. The number of nitrogens with zero attached hydrogens (tertiary/aromatic N) is 3. The molecule has 2 atom stereocenters. The fraction of sp³-hybridized carbons (Fsp3) is 0.536. The maximum atomic E-state index is 15.9. The van der Waals surface area contributed by atoms with Crippen molar-refractivity contribution in [3.63, 3.8) is 0 Å². The van der Waals surface area contributed by atoms with E-state index in [1.807, 2.05) is 6.92 Å². The first-order valence-electron chi connectivity index (χ1n) is 13.3. The predicted molar refractivity (Wildman–Crippen MR) is 136 cm³/mol. The molecular formula is C28H33F4N5. The highest BCUT2D eigenvalue weighted by Crippen LogP contribution is 2.44. The summed E-state index contributed by atoms with van der Waals surface area (Å²) >= 11 is 0. The molecule has 3 aliphatic rings. The Balaban J connectivity index is 1.36. The molecular weight excluding hydrogens is 482 g/mol. The summed E-state index contributed by atoms with van der Waals surface area (Å²) in [5.41, 5.74) is 3.07. The largest absolute Gasteiger partial charge is 0.371 e. The van der Waals surface area contributed by atoms with Crippen LogP contribution in [0.5, 0.6) is 0 Å². The lowest BCUT2D eigenvalue weighted by Gasteiger charge is -2.45. The Hall–Kier alpha value is -2.65. The van der Waals surface area contributed by atoms with Crippen molar-refractivity contribution in [3.8, 4) is 0 Å². The molecule has 0 radical (unpaired) electrons. The van der Waals surface area contributed by atoms with Crippen LogP contribution in [0.15, 0.2) is 30.5 Å². The zero-order valence-corrected chi connectivity index (χ0v) is 21.0. The molecule has 2 saturated heterocycles. The van der Waals surface area contributed by atoms with E-state index in [-0.39, 0.29) is 11.6 Å². The van der Waals surface area contributed by atoms with Crippen LogP contribution in [0.2, 0.25) is 0 Å². The maximum absolute atomic E-state index is 15.9. The van der Waals surface area contributed by atoms with Crippen molar-refractivity contribution < 1.29 is 17.6 Å². The summed E-state index contributed by atoms with van der Waals surface area (Å²) in [5, 5.41) is 11.3. The normalized spacial score (nSPS) is 24.2. The first-order chi connectivity index (χ1) is 17.8. The number of aromatic nitrogens is 2. The molecule has 0 saturated carbocycles. The minimum atomic E-state index is -2.62. The van der Waals surface area contributed by atoms with Gasteiger partial charge in [-0.2, -0.15) is 5.10 Å². The Morgan fingerprint density at radius 1 is 1.05 bits per heavy atom. The van der Waals surface area contributed by atoms with Crippen molar-refractivity contribution in [1.29, 1.82) is 0 Å². The number of nitrogens with one attached hydrogen (secondary N) is 2. The number of fused-ring (bicyclic) bond motifs is 3. The average molecular weight is 516 g/mol. The standard InChI is InChI=1S/C28H33F4N5/c1-17-12-20-19(2-3-24-21(20)15-34-35-24)27(37(17)16-25(31)32)26-22(29)13-18(14-23(26)30)36-10-6-28(7-11-36)4-8-33-9-5-28/h2-3,13-15,17,25,27,33H,4-12,16H2,1H3,(H,34,35)/t17-,27?/m1/s1. The number of anilines is 1. The van der Waals surface area contributed by atoms with Gasteiger partial charge in [0, 0.05) is 35.8 Å². The van der Waals surface area contributed by atoms with Gasteiger partial charge in [-0.25, -0.2) is 17.6 Å². The summed E-state index contributed by atoms with van der Waals surface area (Å²) in [5.74, 6) is -1.37. The Morgan fingerprint density at radius 2 is 1.76 bits per heavy atom. The van der Waals surface area contributed by atoms with Crippen LogP contribution < -0.4 is 10.2 Å². The lowest BCUT2D eigenvalue weighted by atomic mass is 9.71. The van der Waals surface area contributed by atoms with Gasteiger partial charge in [-0.1, -0.05) is 6.07 Å². The van der Waals surface area contributed by atoms with Gasteiger partial charge in [0.05, 0.1) is 24.3 Å². The summed E-state index contributed by atoms with van der Waals surface area (Å²) < 4.78 is 59.1. The van der Waals surface area contributed by atoms with Gasteiger partial charge in [0.15, 0.2) is 0 Å². The number of aromatic amines is 1. The SMILES string of the molecule is C[C@@H]1Cc2c(ccc3[nH]ncc23)C(c2c(F)cc(N3CCC4(CCNCC4)CC3)cc2F)N1CC(F)F. The van der Waals surface area contributed by atoms with Crippen molar-refractivity contribution in [2.45, 2.75) is 57.5 Å². The van der Waals surface area contributed by atoms with Crippen molar-refractivity contribution >= 4 is 16.6 Å². The molecule has 5 nitrogen and oxygen atoms in total. The second-order valence-corrected chi connectivity index (χ2v) is 11.1. The Bertz CT molecular complexity index is 1250. The first-order valence-corrected chi connectivity index (χ1v) is 13.3. The quantitative estimate of drug-likeness (QED) is 0.456. The summed E-state index contributed by atoms with van der Waals surface area (Å²) in [6, 6.07) is 5.12. The van der Waals surface area contributed by atoms with Crippen LogP contribution in [0, 0.1) is 17.0 Å². The number of alkyl halides is 2. The van der Waals surface area contributed by atoms with Crippen LogP contribution in [0.3, 0.4) is 0 Å². The lowest BCUT2D eigenvalue weighted by Crippen LogP contribution is -2.46. The second-order valence-electron chi connectivity index (χ2n) is 11.1. The zero-order valence-electron chi connectivity index (χ0n) is 21.0. The van der Waals surface area contributed by atoms with E-state index in [4.69, 9.17) is 0 Å². The van der Waals surface area contributed by atoms with Crippen molar-refractivity contribution in [3.05, 3.63) is 58.8 Å². The number of piperidine rings is 2. The van der Waals surface area contributed by atoms with Crippen molar-refractivity contribution in [1.82, 2.24) is 20.4 Å². The minimum Gasteiger partial charge on any atom is -0.371 e. The molecule has 198 valence electrons. The Kier molecular flexibility index (Phi) is 6.39. The average Bonchev–Trinajstić information content (AvgIpc) is 3.35. The van der Waals surface area contributed by atoms with Crippen LogP contribution in [0.4, 0.5) is 23.2 Å². The zero-order chi connectivity index (χ0) is 25.7. The van der Waals surface area contributed by atoms with Gasteiger partial charge < -0.3 is 10.2 Å². The molecule has 0 amide bonds. The Labute approximate surface area is 214 Å². The molecule has 4 heterocycles. The molecule has 3 aliphatic heterocycles. The van der Waals surface area contributed by atoms with E-state index in [2.05, 4.69) is 20.4 Å². The predicted octanol–water partition coefficient (Wildman–Crippen LogP) is 5.41. The van der Waals surface area contributed by atoms with E-state index in [0.717, 1.165) is 68.3 Å². The van der Waals surface area contributed by atoms with Crippen molar-refractivity contribution in [2.75, 3.05) is 37.6 Å². The van der Waals surface area contributed by atoms with E-state index >= 15 is 8.78 Å². The minimum absolute atomic E-state index is 0.160. The molecule has 2 N–H and O–H groups in total. The van der Waals surface area contributed by atoms with E-state index in [0.29, 0.717) is 23.1 Å². The van der Waals surface area contributed by atoms with E-state index < -0.39 is 30.6 Å². The van der Waals surface area contributed by atoms with E-state index in [1.165, 1.54) is 12.1 Å². The molecule has 9 heteroatoms. The monoisotopic (exact) mass is 515 g/mol. The number of hydrogen-bond donors (Lipinski definition) is 2. The van der Waals surface area contributed by atoms with Gasteiger partial charge in [-0.3, -0.25) is 10.00 Å².